The molecule has 106 valence electrons. The highest BCUT2D eigenvalue weighted by molar-refractivity contribution is 5.19. The molecule has 3 rings (SSSR count). The van der Waals surface area contributed by atoms with Gasteiger partial charge in [0.15, 0.2) is 0 Å². The summed E-state index contributed by atoms with van der Waals surface area (Å²) >= 11 is 0. The standard InChI is InChI=1S/C14H19N5O/c1-10-11(4-3-5-15-10)7-19-8-12(20-2)6-13(19)14-16-9-17-18-14/h3-5,9,12-13H,6-8H2,1-2H3,(H,16,17,18)/t12-,13+/m1/s1. The molecule has 2 aromatic rings. The molecule has 0 radical (unpaired) electrons. The summed E-state index contributed by atoms with van der Waals surface area (Å²) in [6, 6.07) is 4.33. The van der Waals surface area contributed by atoms with Gasteiger partial charge in [-0.05, 0) is 25.0 Å². The maximum Gasteiger partial charge on any atom is 0.141 e. The molecule has 2 aromatic heterocycles. The molecule has 0 amide bonds. The van der Waals surface area contributed by atoms with Crippen molar-refractivity contribution in [1.82, 2.24) is 25.1 Å². The van der Waals surface area contributed by atoms with Crippen LogP contribution < -0.4 is 0 Å². The second-order valence-electron chi connectivity index (χ2n) is 5.16. The van der Waals surface area contributed by atoms with Crippen LogP contribution in [0.4, 0.5) is 0 Å². The van der Waals surface area contributed by atoms with Crippen molar-refractivity contribution in [3.05, 3.63) is 41.7 Å². The lowest BCUT2D eigenvalue weighted by Gasteiger charge is -2.22. The van der Waals surface area contributed by atoms with E-state index in [0.29, 0.717) is 0 Å². The summed E-state index contributed by atoms with van der Waals surface area (Å²) in [5, 5.41) is 6.94. The molecule has 1 fully saturated rings. The van der Waals surface area contributed by atoms with E-state index >= 15 is 0 Å². The lowest BCUT2D eigenvalue weighted by molar-refractivity contribution is 0.107. The van der Waals surface area contributed by atoms with Crippen molar-refractivity contribution in [2.45, 2.75) is 32.0 Å². The Morgan fingerprint density at radius 1 is 1.45 bits per heavy atom. The third-order valence-corrected chi connectivity index (χ3v) is 3.94. The molecule has 20 heavy (non-hydrogen) atoms. The molecular formula is C14H19N5O. The predicted octanol–water partition coefficient (Wildman–Crippen LogP) is 1.47. The van der Waals surface area contributed by atoms with E-state index in [9.17, 15) is 0 Å². The summed E-state index contributed by atoms with van der Waals surface area (Å²) in [6.45, 7) is 3.80. The Labute approximate surface area is 118 Å². The Balaban J connectivity index is 1.81. The summed E-state index contributed by atoms with van der Waals surface area (Å²) in [5.74, 6) is 0.908. The number of aromatic amines is 1. The molecule has 1 saturated heterocycles. The number of methoxy groups -OCH3 is 1. The Morgan fingerprint density at radius 3 is 3.05 bits per heavy atom. The van der Waals surface area contributed by atoms with Gasteiger partial charge in [-0.2, -0.15) is 5.10 Å². The van der Waals surface area contributed by atoms with Crippen LogP contribution >= 0.6 is 0 Å². The maximum atomic E-state index is 5.52. The van der Waals surface area contributed by atoms with Gasteiger partial charge in [-0.1, -0.05) is 6.07 Å². The summed E-state index contributed by atoms with van der Waals surface area (Å²) in [7, 11) is 1.76. The second-order valence-corrected chi connectivity index (χ2v) is 5.16. The molecule has 1 aliphatic rings. The fourth-order valence-corrected chi connectivity index (χ4v) is 2.77. The number of hydrogen-bond acceptors (Lipinski definition) is 5. The summed E-state index contributed by atoms with van der Waals surface area (Å²) < 4.78 is 5.52. The average Bonchev–Trinajstić information content (AvgIpc) is 3.10. The molecule has 0 aliphatic carbocycles. The summed E-state index contributed by atoms with van der Waals surface area (Å²) in [6.07, 6.45) is 4.56. The smallest absolute Gasteiger partial charge is 0.141 e. The molecule has 0 unspecified atom stereocenters. The van der Waals surface area contributed by atoms with E-state index < -0.39 is 0 Å². The van der Waals surface area contributed by atoms with Crippen LogP contribution in [0.3, 0.4) is 0 Å². The van der Waals surface area contributed by atoms with Crippen molar-refractivity contribution >= 4 is 0 Å². The van der Waals surface area contributed by atoms with Gasteiger partial charge >= 0.3 is 0 Å². The van der Waals surface area contributed by atoms with E-state index in [0.717, 1.165) is 31.0 Å². The van der Waals surface area contributed by atoms with Crippen molar-refractivity contribution in [2.24, 2.45) is 0 Å². The van der Waals surface area contributed by atoms with Crippen molar-refractivity contribution in [1.29, 1.82) is 0 Å². The molecule has 1 aliphatic heterocycles. The molecule has 2 atom stereocenters. The first-order chi connectivity index (χ1) is 9.78. The number of H-pyrrole nitrogens is 1. The van der Waals surface area contributed by atoms with Gasteiger partial charge in [0.25, 0.3) is 0 Å². The monoisotopic (exact) mass is 273 g/mol. The van der Waals surface area contributed by atoms with Crippen molar-refractivity contribution in [3.63, 3.8) is 0 Å². The van der Waals surface area contributed by atoms with E-state index in [-0.39, 0.29) is 12.1 Å². The largest absolute Gasteiger partial charge is 0.380 e. The number of aryl methyl sites for hydroxylation is 1. The highest BCUT2D eigenvalue weighted by Gasteiger charge is 2.35. The molecule has 6 nitrogen and oxygen atoms in total. The van der Waals surface area contributed by atoms with E-state index in [1.807, 2.05) is 19.2 Å². The van der Waals surface area contributed by atoms with Gasteiger partial charge in [-0.25, -0.2) is 4.98 Å². The first-order valence-electron chi connectivity index (χ1n) is 6.80. The van der Waals surface area contributed by atoms with Crippen LogP contribution in [0.5, 0.6) is 0 Å². The first kappa shape index (κ1) is 13.2. The fourth-order valence-electron chi connectivity index (χ4n) is 2.77. The van der Waals surface area contributed by atoms with Crippen LogP contribution in [-0.4, -0.2) is 44.8 Å². The normalized spacial score (nSPS) is 23.3. The number of nitrogens with zero attached hydrogens (tertiary/aromatic N) is 4. The predicted molar refractivity (Wildman–Crippen MR) is 73.9 cm³/mol. The van der Waals surface area contributed by atoms with Gasteiger partial charge in [-0.15, -0.1) is 0 Å². The number of rotatable bonds is 4. The summed E-state index contributed by atoms with van der Waals surface area (Å²) in [5.41, 5.74) is 2.32. The van der Waals surface area contributed by atoms with Crippen LogP contribution in [-0.2, 0) is 11.3 Å². The van der Waals surface area contributed by atoms with Gasteiger partial charge in [0.05, 0.1) is 12.1 Å². The van der Waals surface area contributed by atoms with E-state index in [4.69, 9.17) is 4.74 Å². The quantitative estimate of drug-likeness (QED) is 0.913. The second kappa shape index (κ2) is 5.68. The average molecular weight is 273 g/mol. The number of hydrogen-bond donors (Lipinski definition) is 1. The third kappa shape index (κ3) is 2.57. The zero-order chi connectivity index (χ0) is 13.9. The minimum Gasteiger partial charge on any atom is -0.380 e. The Morgan fingerprint density at radius 2 is 2.35 bits per heavy atom. The summed E-state index contributed by atoms with van der Waals surface area (Å²) in [4.78, 5) is 11.0. The Bertz CT molecular complexity index is 556. The Kier molecular flexibility index (Phi) is 3.75. The number of aromatic nitrogens is 4. The minimum absolute atomic E-state index is 0.224. The molecule has 6 heteroatoms. The van der Waals surface area contributed by atoms with Crippen LogP contribution in [0.1, 0.15) is 29.5 Å². The van der Waals surface area contributed by atoms with E-state index in [1.54, 1.807) is 13.4 Å². The van der Waals surface area contributed by atoms with Crippen LogP contribution in [0.2, 0.25) is 0 Å². The topological polar surface area (TPSA) is 66.9 Å². The van der Waals surface area contributed by atoms with Crippen molar-refractivity contribution in [3.8, 4) is 0 Å². The van der Waals surface area contributed by atoms with Gasteiger partial charge in [0.1, 0.15) is 12.2 Å². The number of pyridine rings is 1. The van der Waals surface area contributed by atoms with Crippen LogP contribution in [0.25, 0.3) is 0 Å². The van der Waals surface area contributed by atoms with Crippen LogP contribution in [0, 0.1) is 6.92 Å². The molecule has 0 spiro atoms. The SMILES string of the molecule is CO[C@@H]1C[C@@H](c2ncn[nH]2)N(Cc2cccnc2C)C1. The van der Waals surface area contributed by atoms with Crippen LogP contribution in [0.15, 0.2) is 24.7 Å². The van der Waals surface area contributed by atoms with E-state index in [1.165, 1.54) is 5.56 Å². The fraction of sp³-hybridized carbons (Fsp3) is 0.500. The number of likely N-dealkylation sites (tertiary alicyclic amines) is 1. The first-order valence-corrected chi connectivity index (χ1v) is 6.80. The van der Waals surface area contributed by atoms with Gasteiger partial charge in [0, 0.05) is 32.1 Å². The molecule has 3 heterocycles. The highest BCUT2D eigenvalue weighted by atomic mass is 16.5. The molecule has 0 saturated carbocycles. The number of ether oxygens (including phenoxy) is 1. The Hall–Kier alpha value is -1.79. The zero-order valence-corrected chi connectivity index (χ0v) is 11.8. The van der Waals surface area contributed by atoms with Crippen molar-refractivity contribution in [2.75, 3.05) is 13.7 Å². The van der Waals surface area contributed by atoms with Gasteiger partial charge < -0.3 is 4.74 Å². The maximum absolute atomic E-state index is 5.52. The van der Waals surface area contributed by atoms with E-state index in [2.05, 4.69) is 31.1 Å². The molecular weight excluding hydrogens is 254 g/mol. The molecule has 0 aromatic carbocycles. The van der Waals surface area contributed by atoms with Crippen molar-refractivity contribution < 1.29 is 4.74 Å². The lowest BCUT2D eigenvalue weighted by atomic mass is 10.1. The molecule has 0 bridgehead atoms. The van der Waals surface area contributed by atoms with Gasteiger partial charge in [0.2, 0.25) is 0 Å². The number of nitrogens with one attached hydrogen (secondary N) is 1. The van der Waals surface area contributed by atoms with Gasteiger partial charge in [-0.3, -0.25) is 15.0 Å². The minimum atomic E-state index is 0.224. The third-order valence-electron chi connectivity index (χ3n) is 3.94. The lowest BCUT2D eigenvalue weighted by Crippen LogP contribution is -2.25. The zero-order valence-electron chi connectivity index (χ0n) is 11.8. The molecule has 1 N–H and O–H groups in total. The highest BCUT2D eigenvalue weighted by Crippen LogP contribution is 2.32.